The minimum atomic E-state index is -0.414. The van der Waals surface area contributed by atoms with E-state index < -0.39 is 5.60 Å². The Morgan fingerprint density at radius 3 is 2.36 bits per heavy atom. The van der Waals surface area contributed by atoms with Crippen LogP contribution in [0.3, 0.4) is 0 Å². The molecule has 14 heavy (non-hydrogen) atoms. The average Bonchev–Trinajstić information content (AvgIpc) is 2.46. The van der Waals surface area contributed by atoms with Crippen LogP contribution in [0.25, 0.3) is 0 Å². The number of cyclic esters (lactones) is 1. The molecule has 1 heterocycles. The molecule has 0 aromatic carbocycles. The van der Waals surface area contributed by atoms with Crippen LogP contribution in [0.4, 0.5) is 0 Å². The van der Waals surface area contributed by atoms with Crippen molar-refractivity contribution in [3.8, 4) is 0 Å². The molecule has 0 N–H and O–H groups in total. The van der Waals surface area contributed by atoms with Crippen molar-refractivity contribution < 1.29 is 9.53 Å². The molecule has 0 aromatic heterocycles. The Balaban J connectivity index is 2.93. The van der Waals surface area contributed by atoms with Crippen LogP contribution in [0.2, 0.25) is 0 Å². The van der Waals surface area contributed by atoms with Crippen LogP contribution in [-0.2, 0) is 9.53 Å². The summed E-state index contributed by atoms with van der Waals surface area (Å²) in [4.78, 5) is 13.4. The first-order valence-electron chi connectivity index (χ1n) is 5.27. The van der Waals surface area contributed by atoms with Crippen LogP contribution < -0.4 is 0 Å². The van der Waals surface area contributed by atoms with Gasteiger partial charge in [0.2, 0.25) is 0 Å². The highest BCUT2D eigenvalue weighted by Crippen LogP contribution is 2.32. The molecular formula is C11H19NO2. The van der Waals surface area contributed by atoms with E-state index in [2.05, 4.69) is 18.7 Å². The molecule has 0 saturated heterocycles. The first-order valence-corrected chi connectivity index (χ1v) is 5.27. The van der Waals surface area contributed by atoms with Gasteiger partial charge in [0.25, 0.3) is 0 Å². The lowest BCUT2D eigenvalue weighted by atomic mass is 9.99. The molecule has 0 fully saturated rings. The summed E-state index contributed by atoms with van der Waals surface area (Å²) in [5.41, 5.74) is 0.610. The van der Waals surface area contributed by atoms with Gasteiger partial charge in [-0.1, -0.05) is 6.92 Å². The molecule has 1 aliphatic rings. The SMILES string of the molecule is CCN(CC)C1=CC(=O)OC1(C)CC. The van der Waals surface area contributed by atoms with Crippen LogP contribution >= 0.6 is 0 Å². The second-order valence-electron chi connectivity index (χ2n) is 3.71. The van der Waals surface area contributed by atoms with Crippen LogP contribution in [0.5, 0.6) is 0 Å². The van der Waals surface area contributed by atoms with E-state index >= 15 is 0 Å². The molecule has 80 valence electrons. The molecular weight excluding hydrogens is 178 g/mol. The number of carbonyl (C=O) groups is 1. The van der Waals surface area contributed by atoms with E-state index in [1.807, 2.05) is 13.8 Å². The maximum absolute atomic E-state index is 11.2. The number of hydrogen-bond donors (Lipinski definition) is 0. The molecule has 1 unspecified atom stereocenters. The second-order valence-corrected chi connectivity index (χ2v) is 3.71. The lowest BCUT2D eigenvalue weighted by Crippen LogP contribution is -2.37. The van der Waals surface area contributed by atoms with Gasteiger partial charge in [0, 0.05) is 19.2 Å². The van der Waals surface area contributed by atoms with Crippen LogP contribution in [0.1, 0.15) is 34.1 Å². The van der Waals surface area contributed by atoms with Gasteiger partial charge in [-0.2, -0.15) is 0 Å². The summed E-state index contributed by atoms with van der Waals surface area (Å²) in [5, 5.41) is 0. The van der Waals surface area contributed by atoms with E-state index in [4.69, 9.17) is 4.74 Å². The molecule has 0 spiro atoms. The van der Waals surface area contributed by atoms with Gasteiger partial charge in [0.05, 0.1) is 5.70 Å². The fourth-order valence-electron chi connectivity index (χ4n) is 1.81. The summed E-state index contributed by atoms with van der Waals surface area (Å²) < 4.78 is 5.32. The Kier molecular flexibility index (Phi) is 3.19. The first-order chi connectivity index (χ1) is 6.57. The predicted octanol–water partition coefficient (Wildman–Crippen LogP) is 1.94. The van der Waals surface area contributed by atoms with Gasteiger partial charge in [-0.25, -0.2) is 4.79 Å². The summed E-state index contributed by atoms with van der Waals surface area (Å²) >= 11 is 0. The standard InChI is InChI=1S/C11H19NO2/c1-5-11(4)9(8-10(13)14-11)12(6-2)7-3/h8H,5-7H2,1-4H3. The highest BCUT2D eigenvalue weighted by atomic mass is 16.6. The Hall–Kier alpha value is -0.990. The molecule has 1 rings (SSSR count). The van der Waals surface area contributed by atoms with Crippen molar-refractivity contribution in [1.82, 2.24) is 4.90 Å². The minimum absolute atomic E-state index is 0.212. The quantitative estimate of drug-likeness (QED) is 0.645. The van der Waals surface area contributed by atoms with Crippen molar-refractivity contribution in [1.29, 1.82) is 0 Å². The van der Waals surface area contributed by atoms with E-state index in [0.29, 0.717) is 0 Å². The molecule has 0 aliphatic carbocycles. The van der Waals surface area contributed by atoms with Crippen LogP contribution in [0.15, 0.2) is 11.8 Å². The number of nitrogens with zero attached hydrogens (tertiary/aromatic N) is 1. The molecule has 1 atom stereocenters. The zero-order valence-corrected chi connectivity index (χ0v) is 9.46. The predicted molar refractivity (Wildman–Crippen MR) is 55.8 cm³/mol. The van der Waals surface area contributed by atoms with E-state index in [9.17, 15) is 4.79 Å². The van der Waals surface area contributed by atoms with Gasteiger partial charge in [-0.3, -0.25) is 0 Å². The molecule has 1 aliphatic heterocycles. The fourth-order valence-corrected chi connectivity index (χ4v) is 1.81. The summed E-state index contributed by atoms with van der Waals surface area (Å²) in [7, 11) is 0. The molecule has 3 heteroatoms. The minimum Gasteiger partial charge on any atom is -0.450 e. The highest BCUT2D eigenvalue weighted by molar-refractivity contribution is 5.86. The van der Waals surface area contributed by atoms with Gasteiger partial charge >= 0.3 is 5.97 Å². The third kappa shape index (κ3) is 1.76. The number of esters is 1. The summed E-state index contributed by atoms with van der Waals surface area (Å²) in [6.07, 6.45) is 2.44. The average molecular weight is 197 g/mol. The van der Waals surface area contributed by atoms with Crippen molar-refractivity contribution >= 4 is 5.97 Å². The van der Waals surface area contributed by atoms with E-state index in [0.717, 1.165) is 25.2 Å². The van der Waals surface area contributed by atoms with E-state index in [1.54, 1.807) is 6.08 Å². The molecule has 3 nitrogen and oxygen atoms in total. The zero-order valence-electron chi connectivity index (χ0n) is 9.46. The van der Waals surface area contributed by atoms with Crippen LogP contribution in [-0.4, -0.2) is 29.6 Å². The fraction of sp³-hybridized carbons (Fsp3) is 0.727. The smallest absolute Gasteiger partial charge is 0.333 e. The molecule has 0 aromatic rings. The Morgan fingerprint density at radius 2 is 1.93 bits per heavy atom. The van der Waals surface area contributed by atoms with Gasteiger partial charge in [0.15, 0.2) is 0 Å². The Labute approximate surface area is 85.7 Å². The van der Waals surface area contributed by atoms with E-state index in [1.165, 1.54) is 0 Å². The van der Waals surface area contributed by atoms with Crippen molar-refractivity contribution in [2.24, 2.45) is 0 Å². The van der Waals surface area contributed by atoms with Crippen molar-refractivity contribution in [3.05, 3.63) is 11.8 Å². The van der Waals surface area contributed by atoms with Crippen molar-refractivity contribution in [2.75, 3.05) is 13.1 Å². The largest absolute Gasteiger partial charge is 0.450 e. The van der Waals surface area contributed by atoms with Gasteiger partial charge in [-0.05, 0) is 27.2 Å². The topological polar surface area (TPSA) is 29.5 Å². The molecule has 0 saturated carbocycles. The number of carbonyl (C=O) groups excluding carboxylic acids is 1. The number of hydrogen-bond acceptors (Lipinski definition) is 3. The molecule has 0 radical (unpaired) electrons. The van der Waals surface area contributed by atoms with Gasteiger partial charge in [0.1, 0.15) is 5.60 Å². The van der Waals surface area contributed by atoms with Crippen LogP contribution in [0, 0.1) is 0 Å². The lowest BCUT2D eigenvalue weighted by Gasteiger charge is -2.33. The normalized spacial score (nSPS) is 26.0. The monoisotopic (exact) mass is 197 g/mol. The zero-order chi connectivity index (χ0) is 10.8. The van der Waals surface area contributed by atoms with Crippen molar-refractivity contribution in [2.45, 2.75) is 39.7 Å². The van der Waals surface area contributed by atoms with E-state index in [-0.39, 0.29) is 5.97 Å². The van der Waals surface area contributed by atoms with Gasteiger partial charge < -0.3 is 9.64 Å². The molecule has 0 bridgehead atoms. The Bertz CT molecular complexity index is 256. The maximum atomic E-state index is 11.2. The summed E-state index contributed by atoms with van der Waals surface area (Å²) in [6.45, 7) is 10.0. The lowest BCUT2D eigenvalue weighted by molar-refractivity contribution is -0.145. The summed E-state index contributed by atoms with van der Waals surface area (Å²) in [6, 6.07) is 0. The van der Waals surface area contributed by atoms with Gasteiger partial charge in [-0.15, -0.1) is 0 Å². The number of likely N-dealkylation sites (N-methyl/N-ethyl adjacent to an activating group) is 1. The van der Waals surface area contributed by atoms with Crippen molar-refractivity contribution in [3.63, 3.8) is 0 Å². The molecule has 0 amide bonds. The third-order valence-electron chi connectivity index (χ3n) is 2.90. The summed E-state index contributed by atoms with van der Waals surface area (Å²) in [5.74, 6) is -0.212. The third-order valence-corrected chi connectivity index (χ3v) is 2.90. The first kappa shape index (κ1) is 11.1. The number of ether oxygens (including phenoxy) is 1. The maximum Gasteiger partial charge on any atom is 0.333 e. The highest BCUT2D eigenvalue weighted by Gasteiger charge is 2.39. The second kappa shape index (κ2) is 4.03. The Morgan fingerprint density at radius 1 is 1.36 bits per heavy atom. The number of rotatable bonds is 4.